The molecule has 3 rings (SSSR count). The number of para-hydroxylation sites is 1. The van der Waals surface area contributed by atoms with E-state index in [1.165, 1.54) is 18.5 Å². The third-order valence-electron chi connectivity index (χ3n) is 3.40. The van der Waals surface area contributed by atoms with Crippen molar-refractivity contribution in [3.05, 3.63) is 36.0 Å². The number of hydrogen-bond donors (Lipinski definition) is 0. The van der Waals surface area contributed by atoms with Gasteiger partial charge in [-0.3, -0.25) is 0 Å². The van der Waals surface area contributed by atoms with Crippen molar-refractivity contribution in [1.82, 2.24) is 0 Å². The zero-order valence-electron chi connectivity index (χ0n) is 9.71. The minimum Gasteiger partial charge on any atom is -0.868 e. The van der Waals surface area contributed by atoms with E-state index in [1.807, 2.05) is 12.1 Å². The summed E-state index contributed by atoms with van der Waals surface area (Å²) in [5, 5.41) is 12.6. The molecule has 1 aromatic heterocycles. The van der Waals surface area contributed by atoms with Crippen LogP contribution in [-0.2, 0) is 5.41 Å². The van der Waals surface area contributed by atoms with Gasteiger partial charge in [0.25, 0.3) is 0 Å². The van der Waals surface area contributed by atoms with Crippen LogP contribution in [0.2, 0.25) is 0 Å². The molecule has 1 N–H and O–H groups in total. The van der Waals surface area contributed by atoms with Crippen LogP contribution < -0.4 is 29.0 Å². The molecule has 1 fully saturated rings. The monoisotopic (exact) mass is 206 g/mol. The molecule has 76 valence electrons. The van der Waals surface area contributed by atoms with Crippen LogP contribution in [0.25, 0.3) is 10.9 Å². The second kappa shape index (κ2) is 3.80. The molecule has 0 atom stereocenters. The zero-order chi connectivity index (χ0) is 10.5. The average Bonchev–Trinajstić information content (AvgIpc) is 2.98. The van der Waals surface area contributed by atoms with Gasteiger partial charge in [-0.1, -0.05) is 12.1 Å². The van der Waals surface area contributed by atoms with Gasteiger partial charge in [-0.05, 0) is 37.6 Å². The summed E-state index contributed by atoms with van der Waals surface area (Å²) in [7, 11) is 0. The number of pyridine rings is 1. The number of fused-ring (bicyclic) bond motifs is 1. The first-order chi connectivity index (χ1) is 7.19. The standard InChI is InChI=1S/C13H13NO.Li/c1-13(7-8-13)11-6-5-9-3-2-4-10(15)12(9)14-11;/h2-6,15H,7-8H2,1H3;/q;+1. The topological polar surface area (TPSA) is 37.2 Å². The summed E-state index contributed by atoms with van der Waals surface area (Å²) in [6.45, 7) is 2.23. The molecule has 2 nitrogen and oxygen atoms in total. The summed E-state index contributed by atoms with van der Waals surface area (Å²) in [5.41, 5.74) is 2.22. The molecule has 0 saturated heterocycles. The fourth-order valence-corrected chi connectivity index (χ4v) is 1.98. The Labute approximate surface area is 107 Å². The van der Waals surface area contributed by atoms with Crippen LogP contribution in [-0.4, -0.2) is 0 Å². The van der Waals surface area contributed by atoms with Gasteiger partial charge >= 0.3 is 18.9 Å². The molecule has 3 heteroatoms. The Bertz CT molecular complexity index is 534. The van der Waals surface area contributed by atoms with Crippen molar-refractivity contribution in [2.45, 2.75) is 25.2 Å². The Morgan fingerprint density at radius 1 is 1.19 bits per heavy atom. The van der Waals surface area contributed by atoms with Crippen LogP contribution in [0, 0.1) is 0 Å². The smallest absolute Gasteiger partial charge is 0.868 e. The molecule has 1 aliphatic rings. The van der Waals surface area contributed by atoms with Gasteiger partial charge in [0, 0.05) is 11.5 Å². The van der Waals surface area contributed by atoms with E-state index in [0.717, 1.165) is 10.9 Å². The Morgan fingerprint density at radius 3 is 2.62 bits per heavy atom. The van der Waals surface area contributed by atoms with Crippen LogP contribution in [0.4, 0.5) is 0 Å². The van der Waals surface area contributed by atoms with E-state index >= 15 is 0 Å². The number of rotatable bonds is 1. The summed E-state index contributed by atoms with van der Waals surface area (Å²) in [6, 6.07) is 9.52. The Hall–Kier alpha value is -0.973. The number of benzene rings is 1. The van der Waals surface area contributed by atoms with Crippen LogP contribution in [0.5, 0.6) is 5.75 Å². The molecule has 0 bridgehead atoms. The first kappa shape index (κ1) is 11.5. The van der Waals surface area contributed by atoms with Gasteiger partial charge in [-0.2, -0.15) is 0 Å². The first-order valence-electron chi connectivity index (χ1n) is 5.32. The van der Waals surface area contributed by atoms with Gasteiger partial charge in [0.2, 0.25) is 5.52 Å². The maximum Gasteiger partial charge on any atom is 1.00 e. The van der Waals surface area contributed by atoms with E-state index in [1.54, 1.807) is 12.1 Å². The van der Waals surface area contributed by atoms with E-state index in [2.05, 4.69) is 18.0 Å². The zero-order valence-corrected chi connectivity index (χ0v) is 9.71. The van der Waals surface area contributed by atoms with Crippen molar-refractivity contribution in [1.29, 1.82) is 0 Å². The van der Waals surface area contributed by atoms with E-state index in [9.17, 15) is 5.11 Å². The quantitative estimate of drug-likeness (QED) is 0.539. The van der Waals surface area contributed by atoms with Crippen molar-refractivity contribution in [3.8, 4) is 5.75 Å². The largest absolute Gasteiger partial charge is 1.00 e. The minimum absolute atomic E-state index is 0. The van der Waals surface area contributed by atoms with Crippen molar-refractivity contribution in [2.75, 3.05) is 0 Å². The molecule has 0 aliphatic heterocycles. The molecular formula is C13H13LiNO+. The number of aromatic nitrogens is 1. The Morgan fingerprint density at radius 2 is 1.94 bits per heavy atom. The molecule has 0 spiro atoms. The Balaban J connectivity index is 0.000000963. The second-order valence-corrected chi connectivity index (χ2v) is 4.65. The summed E-state index contributed by atoms with van der Waals surface area (Å²) in [6.07, 6.45) is 2.44. The van der Waals surface area contributed by atoms with Gasteiger partial charge in [0.05, 0.1) is 5.41 Å². The maximum absolute atomic E-state index is 11.6. The molecule has 2 aromatic rings. The SMILES string of the molecule is CC1(c2ccc3cccc([O-])c3[nH+]2)CC1.[Li+]. The fraction of sp³-hybridized carbons (Fsp3) is 0.308. The van der Waals surface area contributed by atoms with E-state index in [4.69, 9.17) is 0 Å². The Kier molecular flexibility index (Phi) is 2.73. The average molecular weight is 206 g/mol. The van der Waals surface area contributed by atoms with Crippen LogP contribution >= 0.6 is 0 Å². The normalized spacial score (nSPS) is 16.8. The van der Waals surface area contributed by atoms with Gasteiger partial charge in [-0.25, -0.2) is 4.98 Å². The maximum atomic E-state index is 11.6. The number of hydrogen-bond acceptors (Lipinski definition) is 1. The van der Waals surface area contributed by atoms with Gasteiger partial charge in [0.1, 0.15) is 0 Å². The van der Waals surface area contributed by atoms with E-state index in [-0.39, 0.29) is 30.0 Å². The van der Waals surface area contributed by atoms with Gasteiger partial charge < -0.3 is 5.11 Å². The molecule has 1 saturated carbocycles. The molecule has 0 amide bonds. The first-order valence-corrected chi connectivity index (χ1v) is 5.32. The van der Waals surface area contributed by atoms with Crippen molar-refractivity contribution >= 4 is 10.9 Å². The number of nitrogens with one attached hydrogen (secondary N) is 1. The van der Waals surface area contributed by atoms with Crippen molar-refractivity contribution in [2.24, 2.45) is 0 Å². The molecule has 1 aliphatic carbocycles. The molecule has 1 heterocycles. The molecule has 1 aromatic carbocycles. The van der Waals surface area contributed by atoms with Crippen LogP contribution in [0.15, 0.2) is 30.3 Å². The van der Waals surface area contributed by atoms with Gasteiger partial charge in [0.15, 0.2) is 5.69 Å². The predicted octanol–water partition coefficient (Wildman–Crippen LogP) is -1.22. The molecule has 0 radical (unpaired) electrons. The van der Waals surface area contributed by atoms with E-state index < -0.39 is 0 Å². The third kappa shape index (κ3) is 1.73. The van der Waals surface area contributed by atoms with Gasteiger partial charge in [-0.15, -0.1) is 0 Å². The summed E-state index contributed by atoms with van der Waals surface area (Å²) < 4.78 is 0. The fourth-order valence-electron chi connectivity index (χ4n) is 1.98. The predicted molar refractivity (Wildman–Crippen MR) is 56.5 cm³/mol. The van der Waals surface area contributed by atoms with Crippen molar-refractivity contribution in [3.63, 3.8) is 0 Å². The third-order valence-corrected chi connectivity index (χ3v) is 3.40. The number of aromatic amines is 1. The second-order valence-electron chi connectivity index (χ2n) is 4.65. The molecule has 0 unspecified atom stereocenters. The molecular weight excluding hydrogens is 193 g/mol. The van der Waals surface area contributed by atoms with E-state index in [0.29, 0.717) is 0 Å². The van der Waals surface area contributed by atoms with Crippen LogP contribution in [0.1, 0.15) is 25.5 Å². The summed E-state index contributed by atoms with van der Waals surface area (Å²) in [4.78, 5) is 3.29. The summed E-state index contributed by atoms with van der Waals surface area (Å²) in [5.74, 6) is 0.0820. The molecule has 16 heavy (non-hydrogen) atoms. The van der Waals surface area contributed by atoms with Crippen LogP contribution in [0.3, 0.4) is 0 Å². The number of H-pyrrole nitrogens is 1. The van der Waals surface area contributed by atoms with Crippen molar-refractivity contribution < 1.29 is 29.0 Å². The summed E-state index contributed by atoms with van der Waals surface area (Å²) >= 11 is 0. The minimum atomic E-state index is 0.